The van der Waals surface area contributed by atoms with Crippen LogP contribution in [0.3, 0.4) is 0 Å². The highest BCUT2D eigenvalue weighted by Crippen LogP contribution is 2.54. The predicted octanol–water partition coefficient (Wildman–Crippen LogP) is 5.00. The smallest absolute Gasteiger partial charge is 0.332 e. The van der Waals surface area contributed by atoms with Crippen molar-refractivity contribution in [1.29, 1.82) is 0 Å². The SMILES string of the molecule is COC(=O)[C@@]1(c2ccccc2)C[C@@H](I)[C@H](c2ccccc2)N1S(=O)(=O)c1ccc(C)cc1. The Kier molecular flexibility index (Phi) is 6.42. The summed E-state index contributed by atoms with van der Waals surface area (Å²) in [6, 6.07) is 24.7. The van der Waals surface area contributed by atoms with Gasteiger partial charge in [-0.25, -0.2) is 13.2 Å². The van der Waals surface area contributed by atoms with Crippen LogP contribution in [-0.2, 0) is 25.1 Å². The number of esters is 1. The first-order valence-electron chi connectivity index (χ1n) is 10.3. The lowest BCUT2D eigenvalue weighted by Crippen LogP contribution is -2.51. The van der Waals surface area contributed by atoms with Gasteiger partial charge in [0.05, 0.1) is 18.0 Å². The topological polar surface area (TPSA) is 63.7 Å². The molecular weight excluding hydrogens is 537 g/mol. The van der Waals surface area contributed by atoms with E-state index in [4.69, 9.17) is 4.74 Å². The number of aryl methyl sites for hydroxylation is 1. The molecule has 32 heavy (non-hydrogen) atoms. The fourth-order valence-corrected chi connectivity index (χ4v) is 7.99. The Bertz CT molecular complexity index is 1200. The molecule has 1 saturated heterocycles. The number of benzene rings is 3. The second-order valence-corrected chi connectivity index (χ2v) is 11.3. The van der Waals surface area contributed by atoms with Crippen LogP contribution in [0, 0.1) is 6.92 Å². The van der Waals surface area contributed by atoms with Crippen molar-refractivity contribution in [2.24, 2.45) is 0 Å². The summed E-state index contributed by atoms with van der Waals surface area (Å²) < 4.78 is 34.9. The summed E-state index contributed by atoms with van der Waals surface area (Å²) in [4.78, 5) is 13.6. The second-order valence-electron chi connectivity index (χ2n) is 7.91. The Morgan fingerprint density at radius 2 is 1.53 bits per heavy atom. The van der Waals surface area contributed by atoms with E-state index in [1.54, 1.807) is 36.4 Å². The van der Waals surface area contributed by atoms with Gasteiger partial charge in [0.15, 0.2) is 5.54 Å². The van der Waals surface area contributed by atoms with Crippen molar-refractivity contribution < 1.29 is 17.9 Å². The van der Waals surface area contributed by atoms with E-state index < -0.39 is 27.6 Å². The Labute approximate surface area is 202 Å². The number of methoxy groups -OCH3 is 1. The van der Waals surface area contributed by atoms with Gasteiger partial charge in [-0.1, -0.05) is 101 Å². The van der Waals surface area contributed by atoms with Gasteiger partial charge in [-0.2, -0.15) is 4.31 Å². The minimum atomic E-state index is -4.07. The van der Waals surface area contributed by atoms with E-state index >= 15 is 0 Å². The summed E-state index contributed by atoms with van der Waals surface area (Å²) >= 11 is 2.27. The number of carbonyl (C=O) groups excluding carboxylic acids is 1. The maximum Gasteiger partial charge on any atom is 0.332 e. The fourth-order valence-electron chi connectivity index (χ4n) is 4.46. The number of hydrogen-bond donors (Lipinski definition) is 0. The molecule has 1 aliphatic heterocycles. The van der Waals surface area contributed by atoms with Crippen LogP contribution >= 0.6 is 22.6 Å². The molecule has 7 heteroatoms. The third kappa shape index (κ3) is 3.76. The molecule has 4 rings (SSSR count). The van der Waals surface area contributed by atoms with Crippen molar-refractivity contribution in [3.05, 3.63) is 102 Å². The highest BCUT2D eigenvalue weighted by Gasteiger charge is 2.62. The van der Waals surface area contributed by atoms with Crippen LogP contribution in [0.25, 0.3) is 0 Å². The van der Waals surface area contributed by atoms with E-state index in [9.17, 15) is 13.2 Å². The Morgan fingerprint density at radius 3 is 2.09 bits per heavy atom. The third-order valence-electron chi connectivity index (χ3n) is 5.96. The first-order chi connectivity index (χ1) is 15.3. The van der Waals surface area contributed by atoms with E-state index in [0.29, 0.717) is 12.0 Å². The predicted molar refractivity (Wildman–Crippen MR) is 132 cm³/mol. The second kappa shape index (κ2) is 8.96. The number of alkyl halides is 1. The van der Waals surface area contributed by atoms with Crippen LogP contribution in [-0.4, -0.2) is 29.7 Å². The zero-order valence-corrected chi connectivity index (χ0v) is 20.8. The molecule has 3 aromatic rings. The lowest BCUT2D eigenvalue weighted by molar-refractivity contribution is -0.152. The van der Waals surface area contributed by atoms with E-state index in [-0.39, 0.29) is 8.82 Å². The molecule has 1 heterocycles. The monoisotopic (exact) mass is 561 g/mol. The lowest BCUT2D eigenvalue weighted by Gasteiger charge is -2.38. The molecule has 0 saturated carbocycles. The van der Waals surface area contributed by atoms with Gasteiger partial charge in [-0.15, -0.1) is 0 Å². The summed E-state index contributed by atoms with van der Waals surface area (Å²) in [5.41, 5.74) is 0.914. The number of carbonyl (C=O) groups is 1. The third-order valence-corrected chi connectivity index (χ3v) is 9.00. The van der Waals surface area contributed by atoms with Crippen LogP contribution in [0.2, 0.25) is 0 Å². The molecular formula is C25H24INO4S. The maximum absolute atomic E-state index is 14.2. The molecule has 0 N–H and O–H groups in total. The van der Waals surface area contributed by atoms with E-state index in [1.807, 2.05) is 55.5 Å². The van der Waals surface area contributed by atoms with Crippen LogP contribution < -0.4 is 0 Å². The van der Waals surface area contributed by atoms with Gasteiger partial charge in [0.1, 0.15) is 0 Å². The van der Waals surface area contributed by atoms with Crippen molar-refractivity contribution in [3.8, 4) is 0 Å². The standard InChI is InChI=1S/C25H24INO4S/c1-18-13-15-21(16-14-18)32(29,30)27-23(19-9-5-3-6-10-19)22(26)17-25(27,24(28)31-2)20-11-7-4-8-12-20/h3-16,22-23H,17H2,1-2H3/t22-,23+,25+/m1/s1. The summed E-state index contributed by atoms with van der Waals surface area (Å²) in [7, 11) is -2.76. The summed E-state index contributed by atoms with van der Waals surface area (Å²) in [6.45, 7) is 1.91. The van der Waals surface area contributed by atoms with E-state index in [0.717, 1.165) is 11.1 Å². The molecule has 0 aliphatic carbocycles. The molecule has 1 fully saturated rings. The largest absolute Gasteiger partial charge is 0.467 e. The van der Waals surface area contributed by atoms with E-state index in [1.165, 1.54) is 11.4 Å². The van der Waals surface area contributed by atoms with Crippen molar-refractivity contribution in [2.45, 2.75) is 33.7 Å². The minimum absolute atomic E-state index is 0.152. The highest BCUT2D eigenvalue weighted by atomic mass is 127. The molecule has 3 atom stereocenters. The number of ether oxygens (including phenoxy) is 1. The zero-order chi connectivity index (χ0) is 22.9. The van der Waals surface area contributed by atoms with Crippen molar-refractivity contribution in [3.63, 3.8) is 0 Å². The van der Waals surface area contributed by atoms with Crippen LogP contribution in [0.15, 0.2) is 89.8 Å². The van der Waals surface area contributed by atoms with Gasteiger partial charge in [-0.3, -0.25) is 0 Å². The molecule has 0 aromatic heterocycles. The fraction of sp³-hybridized carbons (Fsp3) is 0.240. The van der Waals surface area contributed by atoms with Crippen LogP contribution in [0.1, 0.15) is 29.2 Å². The normalized spacial score (nSPS) is 23.7. The van der Waals surface area contributed by atoms with Crippen molar-refractivity contribution in [2.75, 3.05) is 7.11 Å². The zero-order valence-electron chi connectivity index (χ0n) is 17.8. The van der Waals surface area contributed by atoms with Crippen LogP contribution in [0.4, 0.5) is 0 Å². The average Bonchev–Trinajstić information content (AvgIpc) is 3.14. The maximum atomic E-state index is 14.2. The van der Waals surface area contributed by atoms with E-state index in [2.05, 4.69) is 22.6 Å². The summed E-state index contributed by atoms with van der Waals surface area (Å²) in [5.74, 6) is -0.584. The Balaban J connectivity index is 2.02. The molecule has 5 nitrogen and oxygen atoms in total. The molecule has 0 radical (unpaired) electrons. The number of sulfonamides is 1. The van der Waals surface area contributed by atoms with Gasteiger partial charge >= 0.3 is 5.97 Å². The summed E-state index contributed by atoms with van der Waals surface area (Å²) in [5, 5.41) is 0. The first kappa shape index (κ1) is 22.9. The van der Waals surface area contributed by atoms with Gasteiger partial charge in [0, 0.05) is 3.92 Å². The first-order valence-corrected chi connectivity index (χ1v) is 12.9. The van der Waals surface area contributed by atoms with Crippen LogP contribution in [0.5, 0.6) is 0 Å². The minimum Gasteiger partial charge on any atom is -0.467 e. The Hall–Kier alpha value is -2.23. The van der Waals surface area contributed by atoms with Gasteiger partial charge in [0.2, 0.25) is 10.0 Å². The molecule has 0 amide bonds. The lowest BCUT2D eigenvalue weighted by atomic mass is 9.88. The van der Waals surface area contributed by atoms with Crippen molar-refractivity contribution >= 4 is 38.6 Å². The Morgan fingerprint density at radius 1 is 0.969 bits per heavy atom. The quantitative estimate of drug-likeness (QED) is 0.250. The number of rotatable bonds is 5. The molecule has 166 valence electrons. The molecule has 0 spiro atoms. The molecule has 0 unspecified atom stereocenters. The van der Waals surface area contributed by atoms with Gasteiger partial charge < -0.3 is 4.74 Å². The average molecular weight is 561 g/mol. The number of nitrogens with zero attached hydrogens (tertiary/aromatic N) is 1. The molecule has 3 aromatic carbocycles. The number of halogens is 1. The molecule has 1 aliphatic rings. The summed E-state index contributed by atoms with van der Waals surface area (Å²) in [6.07, 6.45) is 0.300. The van der Waals surface area contributed by atoms with Gasteiger partial charge in [0.25, 0.3) is 0 Å². The number of hydrogen-bond acceptors (Lipinski definition) is 4. The highest BCUT2D eigenvalue weighted by molar-refractivity contribution is 14.1. The van der Waals surface area contributed by atoms with Crippen molar-refractivity contribution in [1.82, 2.24) is 4.31 Å². The van der Waals surface area contributed by atoms with Gasteiger partial charge in [-0.05, 0) is 36.6 Å². The molecule has 0 bridgehead atoms.